The predicted octanol–water partition coefficient (Wildman–Crippen LogP) is 0.352. The van der Waals surface area contributed by atoms with E-state index in [-0.39, 0.29) is 0 Å². The number of hydrogen-bond acceptors (Lipinski definition) is 1. The van der Waals surface area contributed by atoms with Gasteiger partial charge in [-0.3, -0.25) is 0 Å². The molecule has 2 heteroatoms. The minimum absolute atomic E-state index is 0.723. The Morgan fingerprint density at radius 2 is 1.78 bits per heavy atom. The summed E-state index contributed by atoms with van der Waals surface area (Å²) in [5, 5.41) is 8.38. The molecule has 0 radical (unpaired) electrons. The zero-order chi connectivity index (χ0) is 6.69. The summed E-state index contributed by atoms with van der Waals surface area (Å²) in [6.07, 6.45) is 0. The third-order valence-corrected chi connectivity index (χ3v) is 1.18. The van der Waals surface area contributed by atoms with Crippen LogP contribution in [0.2, 0.25) is 0 Å². The molecule has 0 spiro atoms. The van der Waals surface area contributed by atoms with E-state index in [1.807, 2.05) is 42.0 Å². The Hall–Kier alpha value is -0.693. The molecule has 1 nitrogen and oxygen atoms in total. The summed E-state index contributed by atoms with van der Waals surface area (Å²) in [6, 6.07) is 9.54. The van der Waals surface area contributed by atoms with Crippen molar-refractivity contribution >= 4 is 22.0 Å². The van der Waals surface area contributed by atoms with E-state index in [1.54, 1.807) is 0 Å². The van der Waals surface area contributed by atoms with Gasteiger partial charge in [0.25, 0.3) is 0 Å². The van der Waals surface area contributed by atoms with Gasteiger partial charge in [-0.15, -0.1) is 0 Å². The third kappa shape index (κ3) is 1.61. The van der Waals surface area contributed by atoms with Gasteiger partial charge in [0.2, 0.25) is 0 Å². The van der Waals surface area contributed by atoms with Crippen LogP contribution in [0.4, 0.5) is 0 Å². The average Bonchev–Trinajstić information content (AvgIpc) is 1.90. The standard InChI is InChI=1S/C7H4N.Li/c8-6-7-4-2-1-3-5-7;/h2-5H;. The molecule has 0 unspecified atom stereocenters. The Balaban J connectivity index is 3.06. The first kappa shape index (κ1) is 6.43. The van der Waals surface area contributed by atoms with E-state index in [2.05, 4.69) is 6.07 Å². The number of hydrogen-bond donors (Lipinski definition) is 0. The Morgan fingerprint density at radius 3 is 2.22 bits per heavy atom. The van der Waals surface area contributed by atoms with Crippen molar-refractivity contribution in [1.82, 2.24) is 0 Å². The van der Waals surface area contributed by atoms with Gasteiger partial charge in [-0.1, -0.05) is 0 Å². The summed E-state index contributed by atoms with van der Waals surface area (Å²) in [7, 11) is 0. The first-order valence-electron chi connectivity index (χ1n) is 2.79. The van der Waals surface area contributed by atoms with E-state index < -0.39 is 0 Å². The Bertz CT molecular complexity index is 232. The van der Waals surface area contributed by atoms with E-state index in [0.29, 0.717) is 0 Å². The summed E-state index contributed by atoms with van der Waals surface area (Å²) >= 11 is 2.00. The molecule has 0 amide bonds. The topological polar surface area (TPSA) is 23.8 Å². The summed E-state index contributed by atoms with van der Waals surface area (Å²) in [5.41, 5.74) is 0.723. The molecule has 0 aromatic heterocycles. The molecule has 1 aromatic carbocycles. The number of nitrogens with zero attached hydrogens (tertiary/aromatic N) is 1. The van der Waals surface area contributed by atoms with Gasteiger partial charge in [0.05, 0.1) is 0 Å². The van der Waals surface area contributed by atoms with E-state index >= 15 is 0 Å². The van der Waals surface area contributed by atoms with Gasteiger partial charge in [0, 0.05) is 0 Å². The Morgan fingerprint density at radius 1 is 1.22 bits per heavy atom. The van der Waals surface area contributed by atoms with Gasteiger partial charge in [-0.25, -0.2) is 0 Å². The second-order valence-electron chi connectivity index (χ2n) is 1.98. The van der Waals surface area contributed by atoms with Crippen molar-refractivity contribution < 1.29 is 0 Å². The van der Waals surface area contributed by atoms with Crippen LogP contribution in [0.1, 0.15) is 5.56 Å². The molecular formula is C7H4LiN. The van der Waals surface area contributed by atoms with Crippen molar-refractivity contribution in [3.63, 3.8) is 0 Å². The molecule has 0 saturated carbocycles. The fraction of sp³-hybridized carbons (Fsp3) is 0. The van der Waals surface area contributed by atoms with E-state index in [9.17, 15) is 0 Å². The molecule has 1 aromatic rings. The summed E-state index contributed by atoms with van der Waals surface area (Å²) in [4.78, 5) is 0. The van der Waals surface area contributed by atoms with Gasteiger partial charge >= 0.3 is 63.1 Å². The van der Waals surface area contributed by atoms with Crippen LogP contribution in [-0.2, 0) is 0 Å². The molecule has 0 heterocycles. The molecule has 0 N–H and O–H groups in total. The summed E-state index contributed by atoms with van der Waals surface area (Å²) < 4.78 is 1.19. The van der Waals surface area contributed by atoms with Gasteiger partial charge in [-0.05, 0) is 0 Å². The predicted molar refractivity (Wildman–Crippen MR) is 36.5 cm³/mol. The average molecular weight is 109 g/mol. The molecule has 0 aliphatic carbocycles. The van der Waals surface area contributed by atoms with Gasteiger partial charge in [-0.2, -0.15) is 0 Å². The third-order valence-electron chi connectivity index (χ3n) is 1.18. The number of nitriles is 1. The zero-order valence-corrected chi connectivity index (χ0v) is 5.26. The second kappa shape index (κ2) is 2.74. The van der Waals surface area contributed by atoms with Crippen LogP contribution in [0, 0.1) is 11.3 Å². The molecule has 0 saturated heterocycles. The van der Waals surface area contributed by atoms with Crippen molar-refractivity contribution in [3.8, 4) is 6.07 Å². The quantitative estimate of drug-likeness (QED) is 0.441. The fourth-order valence-corrected chi connectivity index (χ4v) is 0.628. The normalized spacial score (nSPS) is 8.56. The van der Waals surface area contributed by atoms with E-state index in [0.717, 1.165) is 5.56 Å². The first-order chi connectivity index (χ1) is 4.33. The van der Waals surface area contributed by atoms with Crippen LogP contribution in [0.15, 0.2) is 24.3 Å². The maximum absolute atomic E-state index is 8.38. The van der Waals surface area contributed by atoms with Crippen LogP contribution >= 0.6 is 0 Å². The van der Waals surface area contributed by atoms with Crippen LogP contribution in [0.25, 0.3) is 0 Å². The monoisotopic (exact) mass is 109 g/mol. The summed E-state index contributed by atoms with van der Waals surface area (Å²) in [6.45, 7) is 0. The maximum atomic E-state index is 8.38. The molecule has 0 fully saturated rings. The summed E-state index contributed by atoms with van der Waals surface area (Å²) in [5.74, 6) is 0. The van der Waals surface area contributed by atoms with Crippen molar-refractivity contribution in [2.24, 2.45) is 0 Å². The number of benzene rings is 1. The van der Waals surface area contributed by atoms with Crippen molar-refractivity contribution in [2.45, 2.75) is 0 Å². The van der Waals surface area contributed by atoms with Crippen LogP contribution in [0.3, 0.4) is 0 Å². The Labute approximate surface area is 63.5 Å². The van der Waals surface area contributed by atoms with Crippen molar-refractivity contribution in [1.29, 1.82) is 5.26 Å². The SMILES string of the molecule is [Li][c]1ccc(C#N)cc1. The van der Waals surface area contributed by atoms with Crippen LogP contribution in [0.5, 0.6) is 0 Å². The fourth-order valence-electron chi connectivity index (χ4n) is 0.628. The molecular weight excluding hydrogens is 105 g/mol. The van der Waals surface area contributed by atoms with Gasteiger partial charge in [0.15, 0.2) is 0 Å². The molecule has 0 aliphatic rings. The zero-order valence-electron chi connectivity index (χ0n) is 5.26. The van der Waals surface area contributed by atoms with Crippen LogP contribution < -0.4 is 4.24 Å². The van der Waals surface area contributed by atoms with Crippen LogP contribution in [-0.4, -0.2) is 17.7 Å². The molecule has 0 bridgehead atoms. The first-order valence-corrected chi connectivity index (χ1v) is 2.79. The van der Waals surface area contributed by atoms with Crippen molar-refractivity contribution in [3.05, 3.63) is 29.8 Å². The molecule has 9 heavy (non-hydrogen) atoms. The molecule has 1 rings (SSSR count). The van der Waals surface area contributed by atoms with E-state index in [4.69, 9.17) is 5.26 Å². The van der Waals surface area contributed by atoms with Gasteiger partial charge in [0.1, 0.15) is 0 Å². The van der Waals surface area contributed by atoms with E-state index in [1.165, 1.54) is 4.24 Å². The molecule has 0 aliphatic heterocycles. The minimum atomic E-state index is 0.723. The Kier molecular flexibility index (Phi) is 1.95. The molecule has 0 atom stereocenters. The second-order valence-corrected chi connectivity index (χ2v) is 1.98. The van der Waals surface area contributed by atoms with Gasteiger partial charge < -0.3 is 0 Å². The molecule has 38 valence electrons. The van der Waals surface area contributed by atoms with Crippen molar-refractivity contribution in [2.75, 3.05) is 0 Å². The number of rotatable bonds is 0.